The van der Waals surface area contributed by atoms with E-state index in [-0.39, 0.29) is 0 Å². The van der Waals surface area contributed by atoms with Gasteiger partial charge in [-0.1, -0.05) is 23.9 Å². The third-order valence-electron chi connectivity index (χ3n) is 2.59. The summed E-state index contributed by atoms with van der Waals surface area (Å²) >= 11 is 6.32. The number of para-hydroxylation sites is 1. The number of hydrogen-bond donors (Lipinski definition) is 2. The van der Waals surface area contributed by atoms with Gasteiger partial charge >= 0.3 is 0 Å². The summed E-state index contributed by atoms with van der Waals surface area (Å²) in [4.78, 5) is 3.54. The summed E-state index contributed by atoms with van der Waals surface area (Å²) in [5.41, 5.74) is 3.54. The van der Waals surface area contributed by atoms with Gasteiger partial charge in [-0.3, -0.25) is 0 Å². The lowest BCUT2D eigenvalue weighted by molar-refractivity contribution is 1.22. The number of thiol groups is 1. The van der Waals surface area contributed by atoms with Crippen LogP contribution in [0.5, 0.6) is 0 Å². The van der Waals surface area contributed by atoms with Crippen molar-refractivity contribution < 1.29 is 0 Å². The largest absolute Gasteiger partial charge is 0.353 e. The molecule has 3 rings (SSSR count). The van der Waals surface area contributed by atoms with E-state index in [0.717, 1.165) is 10.6 Å². The van der Waals surface area contributed by atoms with Gasteiger partial charge in [0.1, 0.15) is 0 Å². The Kier molecular flexibility index (Phi) is 2.37. The molecule has 1 aliphatic heterocycles. The van der Waals surface area contributed by atoms with Crippen LogP contribution in [0.2, 0.25) is 0 Å². The molecule has 0 bridgehead atoms. The van der Waals surface area contributed by atoms with Gasteiger partial charge in [0, 0.05) is 14.7 Å². The van der Waals surface area contributed by atoms with Crippen molar-refractivity contribution in [3.05, 3.63) is 42.0 Å². The Labute approximate surface area is 105 Å². The number of hydrogen-bond acceptors (Lipinski definition) is 3. The van der Waals surface area contributed by atoms with Crippen molar-refractivity contribution in [1.29, 1.82) is 0 Å². The van der Waals surface area contributed by atoms with Crippen molar-refractivity contribution in [2.24, 2.45) is 0 Å². The van der Waals surface area contributed by atoms with Crippen LogP contribution < -0.4 is 5.32 Å². The molecular weight excluding hydrogens is 234 g/mol. The minimum Gasteiger partial charge on any atom is -0.353 e. The van der Waals surface area contributed by atoms with Gasteiger partial charge in [0.25, 0.3) is 0 Å². The molecule has 0 aliphatic carbocycles. The van der Waals surface area contributed by atoms with Gasteiger partial charge in [-0.15, -0.1) is 12.6 Å². The molecule has 1 aliphatic rings. The molecule has 2 aromatic rings. The molecular formula is C13H11NS2. The lowest BCUT2D eigenvalue weighted by Crippen LogP contribution is -2.00. The van der Waals surface area contributed by atoms with Gasteiger partial charge < -0.3 is 5.32 Å². The lowest BCUT2D eigenvalue weighted by atomic mass is 10.2. The highest BCUT2D eigenvalue weighted by atomic mass is 32.2. The molecule has 0 atom stereocenters. The van der Waals surface area contributed by atoms with Crippen LogP contribution in [0, 0.1) is 6.92 Å². The first kappa shape index (κ1) is 10.1. The number of anilines is 2. The first-order chi connectivity index (χ1) is 7.74. The predicted octanol–water partition coefficient (Wildman–Crippen LogP) is 4.49. The zero-order valence-electron chi connectivity index (χ0n) is 8.82. The number of rotatable bonds is 0. The number of nitrogens with one attached hydrogen (secondary N) is 1. The minimum atomic E-state index is 1.01. The second-order valence-electron chi connectivity index (χ2n) is 3.88. The van der Waals surface area contributed by atoms with Crippen LogP contribution in [0.4, 0.5) is 11.4 Å². The zero-order chi connectivity index (χ0) is 11.1. The van der Waals surface area contributed by atoms with Crippen LogP contribution in [0.3, 0.4) is 0 Å². The van der Waals surface area contributed by atoms with Crippen molar-refractivity contribution in [2.75, 3.05) is 5.32 Å². The second-order valence-corrected chi connectivity index (χ2v) is 5.45. The van der Waals surface area contributed by atoms with E-state index < -0.39 is 0 Å². The monoisotopic (exact) mass is 245 g/mol. The van der Waals surface area contributed by atoms with Gasteiger partial charge in [0.15, 0.2) is 0 Å². The molecule has 0 spiro atoms. The summed E-state index contributed by atoms with van der Waals surface area (Å²) in [6.07, 6.45) is 0. The van der Waals surface area contributed by atoms with Gasteiger partial charge in [-0.25, -0.2) is 0 Å². The van der Waals surface area contributed by atoms with Crippen molar-refractivity contribution in [1.82, 2.24) is 0 Å². The Hall–Kier alpha value is -1.06. The zero-order valence-corrected chi connectivity index (χ0v) is 10.5. The van der Waals surface area contributed by atoms with Crippen LogP contribution in [-0.4, -0.2) is 0 Å². The quantitative estimate of drug-likeness (QED) is 0.566. The number of aryl methyl sites for hydroxylation is 1. The SMILES string of the molecule is Cc1cc(S)c2c(c1)Sc1ccccc1N2. The molecule has 80 valence electrons. The second kappa shape index (κ2) is 3.75. The average Bonchev–Trinajstić information content (AvgIpc) is 2.27. The number of fused-ring (bicyclic) bond motifs is 2. The summed E-state index contributed by atoms with van der Waals surface area (Å²) in [6, 6.07) is 12.6. The highest BCUT2D eigenvalue weighted by molar-refractivity contribution is 7.99. The maximum absolute atomic E-state index is 4.52. The molecule has 0 fully saturated rings. The van der Waals surface area contributed by atoms with E-state index in [4.69, 9.17) is 0 Å². The third kappa shape index (κ3) is 1.60. The molecule has 0 unspecified atom stereocenters. The normalized spacial score (nSPS) is 12.6. The van der Waals surface area contributed by atoms with Gasteiger partial charge in [-0.05, 0) is 36.8 Å². The molecule has 2 aromatic carbocycles. The summed E-state index contributed by atoms with van der Waals surface area (Å²) in [5, 5.41) is 3.44. The van der Waals surface area contributed by atoms with Crippen LogP contribution in [0.15, 0.2) is 51.1 Å². The Morgan fingerprint density at radius 1 is 1.12 bits per heavy atom. The summed E-state index contributed by atoms with van der Waals surface area (Å²) in [6.45, 7) is 2.10. The summed E-state index contributed by atoms with van der Waals surface area (Å²) in [5.74, 6) is 0. The fourth-order valence-electron chi connectivity index (χ4n) is 1.85. The molecule has 0 radical (unpaired) electrons. The summed E-state index contributed by atoms with van der Waals surface area (Å²) < 4.78 is 0. The van der Waals surface area contributed by atoms with Gasteiger partial charge in [0.05, 0.1) is 11.4 Å². The van der Waals surface area contributed by atoms with Gasteiger partial charge in [-0.2, -0.15) is 0 Å². The molecule has 1 N–H and O–H groups in total. The van der Waals surface area contributed by atoms with Crippen molar-refractivity contribution in [3.8, 4) is 0 Å². The average molecular weight is 245 g/mol. The molecule has 0 amide bonds. The van der Waals surface area contributed by atoms with Crippen LogP contribution in [0.1, 0.15) is 5.56 Å². The van der Waals surface area contributed by atoms with E-state index in [1.807, 2.05) is 6.07 Å². The van der Waals surface area contributed by atoms with Crippen LogP contribution >= 0.6 is 24.4 Å². The highest BCUT2D eigenvalue weighted by Gasteiger charge is 2.17. The van der Waals surface area contributed by atoms with Crippen molar-refractivity contribution in [3.63, 3.8) is 0 Å². The Morgan fingerprint density at radius 2 is 1.94 bits per heavy atom. The molecule has 3 heteroatoms. The molecule has 0 saturated heterocycles. The predicted molar refractivity (Wildman–Crippen MR) is 72.3 cm³/mol. The first-order valence-corrected chi connectivity index (χ1v) is 6.38. The molecule has 16 heavy (non-hydrogen) atoms. The highest BCUT2D eigenvalue weighted by Crippen LogP contribution is 2.46. The third-order valence-corrected chi connectivity index (χ3v) is 4.06. The van der Waals surface area contributed by atoms with E-state index in [2.05, 4.69) is 55.2 Å². The lowest BCUT2D eigenvalue weighted by Gasteiger charge is -2.22. The van der Waals surface area contributed by atoms with E-state index in [9.17, 15) is 0 Å². The Bertz CT molecular complexity index is 564. The van der Waals surface area contributed by atoms with Gasteiger partial charge in [0.2, 0.25) is 0 Å². The van der Waals surface area contributed by atoms with Crippen LogP contribution in [-0.2, 0) is 0 Å². The maximum atomic E-state index is 4.52. The van der Waals surface area contributed by atoms with Crippen LogP contribution in [0.25, 0.3) is 0 Å². The van der Waals surface area contributed by atoms with E-state index >= 15 is 0 Å². The van der Waals surface area contributed by atoms with E-state index in [0.29, 0.717) is 0 Å². The molecule has 1 nitrogen and oxygen atoms in total. The first-order valence-electron chi connectivity index (χ1n) is 5.11. The number of benzene rings is 2. The van der Waals surface area contributed by atoms with E-state index in [1.165, 1.54) is 21.0 Å². The molecule has 1 heterocycles. The Balaban J connectivity index is 2.15. The Morgan fingerprint density at radius 3 is 2.81 bits per heavy atom. The van der Waals surface area contributed by atoms with E-state index in [1.54, 1.807) is 11.8 Å². The minimum absolute atomic E-state index is 1.01. The molecule has 0 saturated carbocycles. The fraction of sp³-hybridized carbons (Fsp3) is 0.0769. The molecule has 0 aromatic heterocycles. The van der Waals surface area contributed by atoms with Crippen molar-refractivity contribution >= 4 is 35.8 Å². The smallest absolute Gasteiger partial charge is 0.0662 e. The standard InChI is InChI=1S/C13H11NS2/c1-8-6-10(15)13-12(7-8)16-11-5-3-2-4-9(11)14-13/h2-7,14-15H,1H3. The maximum Gasteiger partial charge on any atom is 0.0662 e. The summed E-state index contributed by atoms with van der Waals surface area (Å²) in [7, 11) is 0. The van der Waals surface area contributed by atoms with Crippen molar-refractivity contribution in [2.45, 2.75) is 21.6 Å². The topological polar surface area (TPSA) is 12.0 Å². The fourth-order valence-corrected chi connectivity index (χ4v) is 3.43.